The van der Waals surface area contributed by atoms with Crippen LogP contribution in [0.25, 0.3) is 0 Å². The molecule has 0 aromatic carbocycles. The number of imidazole rings is 1. The largest absolute Gasteiger partial charge is 0.481 e. The first-order valence-electron chi connectivity index (χ1n) is 6.66. The van der Waals surface area contributed by atoms with Gasteiger partial charge in [-0.05, 0) is 12.8 Å². The molecule has 21 heavy (non-hydrogen) atoms. The number of aromatic nitrogens is 4. The fourth-order valence-electron chi connectivity index (χ4n) is 1.95. The average Bonchev–Trinajstić information content (AvgIpc) is 2.99. The smallest absolute Gasteiger partial charge is 0.313 e. The molecule has 2 heterocycles. The predicted molar refractivity (Wildman–Crippen MR) is 77.4 cm³/mol. The van der Waals surface area contributed by atoms with Crippen LogP contribution in [0.3, 0.4) is 0 Å². The summed E-state index contributed by atoms with van der Waals surface area (Å²) in [5.74, 6) is 0.633. The first kappa shape index (κ1) is 15.6. The summed E-state index contributed by atoms with van der Waals surface area (Å²) in [6.07, 6.45) is 2.39. The Morgan fingerprint density at radius 3 is 2.86 bits per heavy atom. The third-order valence-corrected chi connectivity index (χ3v) is 3.86. The molecule has 0 aliphatic carbocycles. The molecule has 114 valence electrons. The molecule has 2 rings (SSSR count). The van der Waals surface area contributed by atoms with Crippen molar-refractivity contribution in [2.24, 2.45) is 0 Å². The SMILES string of the molecule is Cc1noc(CCn2c(C(C)C)cnc2SCC(=O)O)n1. The van der Waals surface area contributed by atoms with Crippen molar-refractivity contribution in [2.75, 3.05) is 5.75 Å². The number of aliphatic carboxylic acids is 1. The van der Waals surface area contributed by atoms with Crippen LogP contribution in [0, 0.1) is 6.92 Å². The molecule has 0 saturated heterocycles. The summed E-state index contributed by atoms with van der Waals surface area (Å²) in [6.45, 7) is 6.57. The standard InChI is InChI=1S/C13H18N4O3S/c1-8(2)10-6-14-13(21-7-12(18)19)17(10)5-4-11-15-9(3)16-20-11/h6,8H,4-5,7H2,1-3H3,(H,18,19). The summed E-state index contributed by atoms with van der Waals surface area (Å²) in [6, 6.07) is 0. The molecule has 0 atom stereocenters. The van der Waals surface area contributed by atoms with E-state index in [0.29, 0.717) is 35.8 Å². The van der Waals surface area contributed by atoms with E-state index >= 15 is 0 Å². The van der Waals surface area contributed by atoms with Gasteiger partial charge < -0.3 is 14.2 Å². The molecule has 1 N–H and O–H groups in total. The van der Waals surface area contributed by atoms with E-state index in [1.54, 1.807) is 13.1 Å². The van der Waals surface area contributed by atoms with Gasteiger partial charge in [-0.25, -0.2) is 4.98 Å². The number of carboxylic acids is 1. The van der Waals surface area contributed by atoms with Gasteiger partial charge in [0, 0.05) is 24.9 Å². The molecule has 2 aromatic heterocycles. The number of hydrogen-bond donors (Lipinski definition) is 1. The number of aryl methyl sites for hydroxylation is 2. The molecule has 0 bridgehead atoms. The van der Waals surface area contributed by atoms with E-state index in [1.165, 1.54) is 11.8 Å². The molecule has 7 nitrogen and oxygen atoms in total. The third kappa shape index (κ3) is 4.07. The van der Waals surface area contributed by atoms with Crippen LogP contribution in [0.5, 0.6) is 0 Å². The first-order valence-corrected chi connectivity index (χ1v) is 7.65. The van der Waals surface area contributed by atoms with Crippen molar-refractivity contribution < 1.29 is 14.4 Å². The van der Waals surface area contributed by atoms with Crippen LogP contribution in [0.4, 0.5) is 0 Å². The van der Waals surface area contributed by atoms with E-state index in [1.807, 2.05) is 4.57 Å². The minimum atomic E-state index is -0.854. The Bertz CT molecular complexity index is 621. The topological polar surface area (TPSA) is 94.0 Å². The normalized spacial score (nSPS) is 11.2. The molecule has 0 amide bonds. The van der Waals surface area contributed by atoms with Crippen LogP contribution in [0.2, 0.25) is 0 Å². The van der Waals surface area contributed by atoms with Crippen molar-refractivity contribution >= 4 is 17.7 Å². The molecule has 0 aliphatic heterocycles. The van der Waals surface area contributed by atoms with Crippen LogP contribution < -0.4 is 0 Å². The Labute approximate surface area is 126 Å². The van der Waals surface area contributed by atoms with Crippen molar-refractivity contribution in [2.45, 2.75) is 44.8 Å². The zero-order valence-corrected chi connectivity index (χ0v) is 13.1. The number of carboxylic acid groups (broad SMARTS) is 1. The van der Waals surface area contributed by atoms with Crippen LogP contribution in [0.15, 0.2) is 15.9 Å². The highest BCUT2D eigenvalue weighted by molar-refractivity contribution is 7.99. The summed E-state index contributed by atoms with van der Waals surface area (Å²) in [4.78, 5) is 19.2. The minimum absolute atomic E-state index is 0.00574. The molecule has 0 radical (unpaired) electrons. The second kappa shape index (κ2) is 6.75. The summed E-state index contributed by atoms with van der Waals surface area (Å²) in [5.41, 5.74) is 1.07. The van der Waals surface area contributed by atoms with E-state index < -0.39 is 5.97 Å². The van der Waals surface area contributed by atoms with Crippen molar-refractivity contribution in [3.05, 3.63) is 23.6 Å². The highest BCUT2D eigenvalue weighted by Gasteiger charge is 2.15. The fourth-order valence-corrected chi connectivity index (χ4v) is 2.68. The summed E-state index contributed by atoms with van der Waals surface area (Å²) in [7, 11) is 0. The molecule has 2 aromatic rings. The Hall–Kier alpha value is -1.83. The third-order valence-electron chi connectivity index (χ3n) is 2.89. The lowest BCUT2D eigenvalue weighted by atomic mass is 10.1. The second-order valence-electron chi connectivity index (χ2n) is 4.94. The molecular weight excluding hydrogens is 292 g/mol. The summed E-state index contributed by atoms with van der Waals surface area (Å²) >= 11 is 1.22. The van der Waals surface area contributed by atoms with Crippen molar-refractivity contribution in [1.82, 2.24) is 19.7 Å². The highest BCUT2D eigenvalue weighted by atomic mass is 32.2. The van der Waals surface area contributed by atoms with Gasteiger partial charge in [-0.3, -0.25) is 4.79 Å². The lowest BCUT2D eigenvalue weighted by molar-refractivity contribution is -0.133. The minimum Gasteiger partial charge on any atom is -0.481 e. The molecule has 0 fully saturated rings. The molecule has 0 aliphatic rings. The average molecular weight is 310 g/mol. The maximum atomic E-state index is 10.7. The van der Waals surface area contributed by atoms with Gasteiger partial charge in [-0.2, -0.15) is 4.98 Å². The Morgan fingerprint density at radius 1 is 1.52 bits per heavy atom. The van der Waals surface area contributed by atoms with Crippen molar-refractivity contribution in [1.29, 1.82) is 0 Å². The maximum absolute atomic E-state index is 10.7. The van der Waals surface area contributed by atoms with Gasteiger partial charge >= 0.3 is 5.97 Å². The number of carbonyl (C=O) groups is 1. The number of rotatable bonds is 7. The Balaban J connectivity index is 2.13. The second-order valence-corrected chi connectivity index (χ2v) is 5.88. The van der Waals surface area contributed by atoms with Gasteiger partial charge in [0.05, 0.1) is 5.75 Å². The van der Waals surface area contributed by atoms with E-state index in [-0.39, 0.29) is 5.75 Å². The van der Waals surface area contributed by atoms with Crippen LogP contribution in [-0.2, 0) is 17.8 Å². The van der Waals surface area contributed by atoms with Crippen LogP contribution >= 0.6 is 11.8 Å². The van der Waals surface area contributed by atoms with Gasteiger partial charge in [0.15, 0.2) is 11.0 Å². The number of nitrogens with zero attached hydrogens (tertiary/aromatic N) is 4. The Morgan fingerprint density at radius 2 is 2.29 bits per heavy atom. The van der Waals surface area contributed by atoms with Gasteiger partial charge in [0.1, 0.15) is 0 Å². The summed E-state index contributed by atoms with van der Waals surface area (Å²) in [5, 5.41) is 13.3. The van der Waals surface area contributed by atoms with E-state index in [9.17, 15) is 4.79 Å². The lowest BCUT2D eigenvalue weighted by Gasteiger charge is -2.12. The Kier molecular flexibility index (Phi) is 5.00. The highest BCUT2D eigenvalue weighted by Crippen LogP contribution is 2.23. The summed E-state index contributed by atoms with van der Waals surface area (Å²) < 4.78 is 7.13. The zero-order chi connectivity index (χ0) is 15.4. The van der Waals surface area contributed by atoms with E-state index in [4.69, 9.17) is 9.63 Å². The zero-order valence-electron chi connectivity index (χ0n) is 12.2. The van der Waals surface area contributed by atoms with Crippen LogP contribution in [-0.4, -0.2) is 36.5 Å². The molecule has 0 saturated carbocycles. The quantitative estimate of drug-likeness (QED) is 0.783. The van der Waals surface area contributed by atoms with Gasteiger partial charge in [-0.15, -0.1) is 0 Å². The van der Waals surface area contributed by atoms with Gasteiger partial charge in [0.25, 0.3) is 0 Å². The lowest BCUT2D eigenvalue weighted by Crippen LogP contribution is -2.09. The van der Waals surface area contributed by atoms with Crippen LogP contribution in [0.1, 0.15) is 37.2 Å². The van der Waals surface area contributed by atoms with Gasteiger partial charge in [-0.1, -0.05) is 30.8 Å². The molecular formula is C13H18N4O3S. The first-order chi connectivity index (χ1) is 9.97. The van der Waals surface area contributed by atoms with Gasteiger partial charge in [0.2, 0.25) is 5.89 Å². The fraction of sp³-hybridized carbons (Fsp3) is 0.538. The van der Waals surface area contributed by atoms with Crippen molar-refractivity contribution in [3.63, 3.8) is 0 Å². The monoisotopic (exact) mass is 310 g/mol. The number of thioether (sulfide) groups is 1. The molecule has 0 spiro atoms. The van der Waals surface area contributed by atoms with E-state index in [0.717, 1.165) is 5.69 Å². The predicted octanol–water partition coefficient (Wildman–Crippen LogP) is 2.12. The van der Waals surface area contributed by atoms with Crippen molar-refractivity contribution in [3.8, 4) is 0 Å². The van der Waals surface area contributed by atoms with E-state index in [2.05, 4.69) is 29.0 Å². The molecule has 0 unspecified atom stereocenters. The molecule has 8 heteroatoms. The maximum Gasteiger partial charge on any atom is 0.313 e. The number of hydrogen-bond acceptors (Lipinski definition) is 6.